The van der Waals surface area contributed by atoms with Crippen molar-refractivity contribution in [3.05, 3.63) is 34.5 Å². The number of fused-ring (bicyclic) bond motifs is 3. The molecule has 3 aromatic rings. The zero-order chi connectivity index (χ0) is 15.0. The van der Waals surface area contributed by atoms with Crippen LogP contribution in [-0.4, -0.2) is 37.3 Å². The van der Waals surface area contributed by atoms with E-state index in [0.29, 0.717) is 23.3 Å². The van der Waals surface area contributed by atoms with Crippen molar-refractivity contribution in [3.63, 3.8) is 0 Å². The molecule has 2 N–H and O–H groups in total. The molecule has 0 aliphatic heterocycles. The van der Waals surface area contributed by atoms with E-state index in [9.17, 15) is 9.59 Å². The Morgan fingerprint density at radius 3 is 3.00 bits per heavy atom. The Labute approximate surface area is 118 Å². The standard InChI is InChI=1S/C13H12N4O4/c1-2-5-21-7-3-4-9-8(6-7)11-15-10(12(18)19)16-17(11)13(20)14-9/h3-4,6H,2,5H2,1H3,(H,14,20)(H,18,19). The first-order valence-electron chi connectivity index (χ1n) is 6.39. The number of nitrogens with zero attached hydrogens (tertiary/aromatic N) is 3. The van der Waals surface area contributed by atoms with Crippen LogP contribution in [0.1, 0.15) is 24.0 Å². The summed E-state index contributed by atoms with van der Waals surface area (Å²) in [4.78, 5) is 29.3. The molecule has 2 heterocycles. The highest BCUT2D eigenvalue weighted by Crippen LogP contribution is 2.21. The Balaban J connectivity index is 2.28. The van der Waals surface area contributed by atoms with Crippen molar-refractivity contribution in [2.24, 2.45) is 0 Å². The monoisotopic (exact) mass is 288 g/mol. The van der Waals surface area contributed by atoms with Crippen LogP contribution in [0.2, 0.25) is 0 Å². The molecule has 0 saturated heterocycles. The van der Waals surface area contributed by atoms with Crippen molar-refractivity contribution in [1.29, 1.82) is 0 Å². The smallest absolute Gasteiger partial charge is 0.375 e. The Morgan fingerprint density at radius 2 is 2.29 bits per heavy atom. The average Bonchev–Trinajstić information content (AvgIpc) is 2.92. The third-order valence-corrected chi connectivity index (χ3v) is 2.94. The van der Waals surface area contributed by atoms with E-state index in [-0.39, 0.29) is 5.65 Å². The van der Waals surface area contributed by atoms with Crippen LogP contribution < -0.4 is 10.4 Å². The van der Waals surface area contributed by atoms with E-state index >= 15 is 0 Å². The second kappa shape index (κ2) is 4.89. The second-order valence-corrected chi connectivity index (χ2v) is 4.46. The number of hydrogen-bond acceptors (Lipinski definition) is 5. The highest BCUT2D eigenvalue weighted by atomic mass is 16.5. The molecule has 0 radical (unpaired) electrons. The van der Waals surface area contributed by atoms with Gasteiger partial charge in [-0.25, -0.2) is 14.6 Å². The SMILES string of the molecule is CCCOc1ccc2[nH]c(=O)n3nc(C(=O)O)nc3c2c1. The zero-order valence-corrected chi connectivity index (χ0v) is 11.2. The fraction of sp³-hybridized carbons (Fsp3) is 0.231. The van der Waals surface area contributed by atoms with Crippen LogP contribution in [0.4, 0.5) is 0 Å². The maximum atomic E-state index is 11.9. The van der Waals surface area contributed by atoms with Gasteiger partial charge >= 0.3 is 11.7 Å². The van der Waals surface area contributed by atoms with Crippen molar-refractivity contribution in [2.75, 3.05) is 6.61 Å². The molecule has 8 heteroatoms. The van der Waals surface area contributed by atoms with Gasteiger partial charge in [-0.05, 0) is 24.6 Å². The number of carbonyl (C=O) groups is 1. The molecule has 0 atom stereocenters. The second-order valence-electron chi connectivity index (χ2n) is 4.46. The first-order valence-corrected chi connectivity index (χ1v) is 6.39. The molecular weight excluding hydrogens is 276 g/mol. The number of aromatic amines is 1. The minimum absolute atomic E-state index is 0.188. The molecule has 0 unspecified atom stereocenters. The number of carboxylic acid groups (broad SMARTS) is 1. The first-order chi connectivity index (χ1) is 10.1. The third-order valence-electron chi connectivity index (χ3n) is 2.94. The average molecular weight is 288 g/mol. The molecule has 21 heavy (non-hydrogen) atoms. The van der Waals surface area contributed by atoms with Crippen molar-refractivity contribution < 1.29 is 14.6 Å². The van der Waals surface area contributed by atoms with Gasteiger partial charge < -0.3 is 14.8 Å². The Bertz CT molecular complexity index is 896. The summed E-state index contributed by atoms with van der Waals surface area (Å²) in [5.41, 5.74) is 0.188. The number of hydrogen-bond donors (Lipinski definition) is 2. The molecule has 0 amide bonds. The fourth-order valence-corrected chi connectivity index (χ4v) is 2.01. The quantitative estimate of drug-likeness (QED) is 0.742. The summed E-state index contributed by atoms with van der Waals surface area (Å²) in [5.74, 6) is -1.09. The molecule has 0 spiro atoms. The summed E-state index contributed by atoms with van der Waals surface area (Å²) in [7, 11) is 0. The maximum Gasteiger partial charge on any atom is 0.375 e. The van der Waals surface area contributed by atoms with Gasteiger partial charge in [-0.15, -0.1) is 5.10 Å². The molecule has 8 nitrogen and oxygen atoms in total. The normalized spacial score (nSPS) is 11.1. The molecule has 0 fully saturated rings. The number of aromatic carboxylic acids is 1. The summed E-state index contributed by atoms with van der Waals surface area (Å²) in [5, 5.41) is 13.2. The largest absolute Gasteiger partial charge is 0.494 e. The molecule has 1 aromatic carbocycles. The van der Waals surface area contributed by atoms with Crippen molar-refractivity contribution in [2.45, 2.75) is 13.3 Å². The van der Waals surface area contributed by atoms with Gasteiger partial charge in [0.25, 0.3) is 5.82 Å². The minimum atomic E-state index is -1.29. The topological polar surface area (TPSA) is 110 Å². The molecule has 3 rings (SSSR count). The van der Waals surface area contributed by atoms with Crippen LogP contribution in [0.25, 0.3) is 16.6 Å². The lowest BCUT2D eigenvalue weighted by Crippen LogP contribution is -2.17. The van der Waals surface area contributed by atoms with E-state index in [1.54, 1.807) is 18.2 Å². The summed E-state index contributed by atoms with van der Waals surface area (Å²) < 4.78 is 6.47. The molecule has 2 aromatic heterocycles. The van der Waals surface area contributed by atoms with E-state index in [2.05, 4.69) is 15.1 Å². The van der Waals surface area contributed by atoms with Crippen LogP contribution in [0.5, 0.6) is 5.75 Å². The van der Waals surface area contributed by atoms with Gasteiger partial charge in [0.2, 0.25) is 0 Å². The third kappa shape index (κ3) is 2.20. The van der Waals surface area contributed by atoms with Crippen LogP contribution >= 0.6 is 0 Å². The summed E-state index contributed by atoms with van der Waals surface area (Å²) >= 11 is 0. The Kier molecular flexibility index (Phi) is 3.05. The number of aromatic nitrogens is 4. The highest BCUT2D eigenvalue weighted by Gasteiger charge is 2.15. The van der Waals surface area contributed by atoms with Gasteiger partial charge in [0.1, 0.15) is 5.75 Å². The predicted octanol–water partition coefficient (Wildman–Crippen LogP) is 1.06. The molecule has 108 valence electrons. The lowest BCUT2D eigenvalue weighted by molar-refractivity contribution is 0.0684. The lowest BCUT2D eigenvalue weighted by Gasteiger charge is -2.06. The first kappa shape index (κ1) is 13.1. The number of ether oxygens (including phenoxy) is 1. The molecular formula is C13H12N4O4. The number of rotatable bonds is 4. The summed E-state index contributed by atoms with van der Waals surface area (Å²) in [6, 6.07) is 5.13. The Morgan fingerprint density at radius 1 is 1.48 bits per heavy atom. The van der Waals surface area contributed by atoms with E-state index in [1.165, 1.54) is 0 Å². The van der Waals surface area contributed by atoms with Crippen molar-refractivity contribution in [3.8, 4) is 5.75 Å². The number of benzene rings is 1. The van der Waals surface area contributed by atoms with Gasteiger partial charge in [0.15, 0.2) is 5.65 Å². The maximum absolute atomic E-state index is 11.9. The minimum Gasteiger partial charge on any atom is -0.494 e. The van der Waals surface area contributed by atoms with Crippen molar-refractivity contribution in [1.82, 2.24) is 19.6 Å². The summed E-state index contributed by atoms with van der Waals surface area (Å²) in [6.07, 6.45) is 0.868. The van der Waals surface area contributed by atoms with Gasteiger partial charge in [-0.3, -0.25) is 0 Å². The fourth-order valence-electron chi connectivity index (χ4n) is 2.01. The molecule has 0 aliphatic rings. The van der Waals surface area contributed by atoms with Crippen LogP contribution in [0, 0.1) is 0 Å². The van der Waals surface area contributed by atoms with Gasteiger partial charge in [0, 0.05) is 5.39 Å². The summed E-state index contributed by atoms with van der Waals surface area (Å²) in [6.45, 7) is 2.56. The predicted molar refractivity (Wildman–Crippen MR) is 73.9 cm³/mol. The Hall–Kier alpha value is -2.90. The number of H-pyrrole nitrogens is 1. The van der Waals surface area contributed by atoms with E-state index in [0.717, 1.165) is 10.9 Å². The molecule has 0 saturated carbocycles. The number of carboxylic acids is 1. The van der Waals surface area contributed by atoms with E-state index in [4.69, 9.17) is 9.84 Å². The van der Waals surface area contributed by atoms with Gasteiger partial charge in [-0.2, -0.15) is 4.52 Å². The van der Waals surface area contributed by atoms with Gasteiger partial charge in [0.05, 0.1) is 12.1 Å². The van der Waals surface area contributed by atoms with Crippen molar-refractivity contribution >= 4 is 22.5 Å². The zero-order valence-electron chi connectivity index (χ0n) is 11.2. The highest BCUT2D eigenvalue weighted by molar-refractivity contribution is 5.93. The van der Waals surface area contributed by atoms with Crippen LogP contribution in [-0.2, 0) is 0 Å². The van der Waals surface area contributed by atoms with Gasteiger partial charge in [-0.1, -0.05) is 6.92 Å². The van der Waals surface area contributed by atoms with Crippen LogP contribution in [0.3, 0.4) is 0 Å². The van der Waals surface area contributed by atoms with E-state index < -0.39 is 17.5 Å². The van der Waals surface area contributed by atoms with E-state index in [1.807, 2.05) is 6.92 Å². The molecule has 0 bridgehead atoms. The van der Waals surface area contributed by atoms with Crippen LogP contribution in [0.15, 0.2) is 23.0 Å². The molecule has 0 aliphatic carbocycles. The number of nitrogens with one attached hydrogen (secondary N) is 1. The lowest BCUT2D eigenvalue weighted by atomic mass is 10.2.